The number of aromatic hydroxyl groups is 1. The van der Waals surface area contributed by atoms with Gasteiger partial charge in [-0.2, -0.15) is 0 Å². The Hall–Kier alpha value is -2.20. The van der Waals surface area contributed by atoms with Gasteiger partial charge >= 0.3 is 0 Å². The number of amides is 1. The van der Waals surface area contributed by atoms with Crippen molar-refractivity contribution in [3.63, 3.8) is 0 Å². The number of halogens is 1. The van der Waals surface area contributed by atoms with Gasteiger partial charge in [0.25, 0.3) is 5.91 Å². The summed E-state index contributed by atoms with van der Waals surface area (Å²) in [4.78, 5) is 12.1. The Kier molecular flexibility index (Phi) is 5.06. The molecule has 2 aromatic carbocycles. The number of methoxy groups -OCH3 is 1. The molecular weight excluding hydrogens is 290 g/mol. The van der Waals surface area contributed by atoms with Crippen molar-refractivity contribution in [2.24, 2.45) is 0 Å². The number of hydrogen-bond acceptors (Lipinski definition) is 3. The highest BCUT2D eigenvalue weighted by Gasteiger charge is 2.09. The number of ether oxygens (including phenoxy) is 1. The second kappa shape index (κ2) is 6.99. The third-order valence-corrected chi connectivity index (χ3v) is 3.22. The summed E-state index contributed by atoms with van der Waals surface area (Å²) in [6, 6.07) is 12.0. The van der Waals surface area contributed by atoms with E-state index in [-0.39, 0.29) is 11.7 Å². The number of carbonyl (C=O) groups is 1. The average molecular weight is 306 g/mol. The van der Waals surface area contributed by atoms with Gasteiger partial charge in [0.1, 0.15) is 0 Å². The van der Waals surface area contributed by atoms with Crippen molar-refractivity contribution in [3.8, 4) is 11.5 Å². The topological polar surface area (TPSA) is 58.6 Å². The van der Waals surface area contributed by atoms with Crippen LogP contribution in [0.4, 0.5) is 5.69 Å². The second-order valence-electron chi connectivity index (χ2n) is 4.48. The van der Waals surface area contributed by atoms with Crippen molar-refractivity contribution in [2.75, 3.05) is 18.3 Å². The summed E-state index contributed by atoms with van der Waals surface area (Å²) >= 11 is 5.68. The lowest BCUT2D eigenvalue weighted by Gasteiger charge is -2.08. The van der Waals surface area contributed by atoms with Gasteiger partial charge in [0.05, 0.1) is 7.11 Å². The zero-order valence-electron chi connectivity index (χ0n) is 11.6. The van der Waals surface area contributed by atoms with Crippen LogP contribution >= 0.6 is 11.6 Å². The fourth-order valence-electron chi connectivity index (χ4n) is 1.90. The van der Waals surface area contributed by atoms with Crippen LogP contribution in [-0.2, 0) is 6.42 Å². The number of benzene rings is 2. The number of alkyl halides is 1. The van der Waals surface area contributed by atoms with Gasteiger partial charge in [0.2, 0.25) is 0 Å². The Morgan fingerprint density at radius 1 is 1.24 bits per heavy atom. The van der Waals surface area contributed by atoms with E-state index in [0.717, 1.165) is 12.0 Å². The molecule has 2 rings (SSSR count). The van der Waals surface area contributed by atoms with Gasteiger partial charge in [-0.25, -0.2) is 0 Å². The molecule has 0 aromatic heterocycles. The van der Waals surface area contributed by atoms with Gasteiger partial charge < -0.3 is 15.2 Å². The van der Waals surface area contributed by atoms with E-state index in [1.54, 1.807) is 12.1 Å². The minimum Gasteiger partial charge on any atom is -0.504 e. The molecule has 0 aliphatic carbocycles. The fourth-order valence-corrected chi connectivity index (χ4v) is 2.12. The molecule has 0 atom stereocenters. The van der Waals surface area contributed by atoms with Crippen LogP contribution in [0.1, 0.15) is 15.9 Å². The SMILES string of the molecule is COc1ccc(C(=O)Nc2ccc(CCCl)cc2)cc1O. The second-order valence-corrected chi connectivity index (χ2v) is 4.85. The molecule has 21 heavy (non-hydrogen) atoms. The van der Waals surface area contributed by atoms with Gasteiger partial charge in [0.15, 0.2) is 11.5 Å². The number of anilines is 1. The molecule has 2 aromatic rings. The highest BCUT2D eigenvalue weighted by Crippen LogP contribution is 2.26. The third kappa shape index (κ3) is 3.89. The molecule has 0 saturated heterocycles. The molecule has 110 valence electrons. The van der Waals surface area contributed by atoms with Gasteiger partial charge in [-0.3, -0.25) is 4.79 Å². The van der Waals surface area contributed by atoms with E-state index < -0.39 is 0 Å². The van der Waals surface area contributed by atoms with Crippen molar-refractivity contribution in [1.82, 2.24) is 0 Å². The van der Waals surface area contributed by atoms with Gasteiger partial charge in [-0.05, 0) is 42.3 Å². The molecule has 0 aliphatic heterocycles. The first-order valence-electron chi connectivity index (χ1n) is 6.47. The summed E-state index contributed by atoms with van der Waals surface area (Å²) in [7, 11) is 1.46. The van der Waals surface area contributed by atoms with Crippen molar-refractivity contribution < 1.29 is 14.6 Å². The summed E-state index contributed by atoms with van der Waals surface area (Å²) < 4.78 is 4.94. The lowest BCUT2D eigenvalue weighted by Crippen LogP contribution is -2.11. The monoisotopic (exact) mass is 305 g/mol. The Bertz CT molecular complexity index is 626. The molecule has 0 saturated carbocycles. The van der Waals surface area contributed by atoms with E-state index in [9.17, 15) is 9.90 Å². The van der Waals surface area contributed by atoms with E-state index in [0.29, 0.717) is 22.9 Å². The molecule has 1 amide bonds. The Labute approximate surface area is 128 Å². The van der Waals surface area contributed by atoms with Crippen LogP contribution in [0.3, 0.4) is 0 Å². The minimum absolute atomic E-state index is 0.0670. The lowest BCUT2D eigenvalue weighted by molar-refractivity contribution is 0.102. The predicted molar refractivity (Wildman–Crippen MR) is 83.5 cm³/mol. The number of nitrogens with one attached hydrogen (secondary N) is 1. The van der Waals surface area contributed by atoms with E-state index in [2.05, 4.69) is 5.32 Å². The zero-order valence-corrected chi connectivity index (χ0v) is 12.4. The van der Waals surface area contributed by atoms with Gasteiger partial charge in [0, 0.05) is 17.1 Å². The molecule has 0 radical (unpaired) electrons. The molecule has 2 N–H and O–H groups in total. The maximum absolute atomic E-state index is 12.1. The van der Waals surface area contributed by atoms with Crippen LogP contribution < -0.4 is 10.1 Å². The maximum Gasteiger partial charge on any atom is 0.255 e. The number of phenolic OH excluding ortho intramolecular Hbond substituents is 1. The molecule has 5 heteroatoms. The molecule has 0 unspecified atom stereocenters. The third-order valence-electron chi connectivity index (χ3n) is 3.04. The van der Waals surface area contributed by atoms with E-state index in [4.69, 9.17) is 16.3 Å². The van der Waals surface area contributed by atoms with Crippen molar-refractivity contribution >= 4 is 23.2 Å². The number of rotatable bonds is 5. The number of carbonyl (C=O) groups excluding carboxylic acids is 1. The zero-order chi connectivity index (χ0) is 15.2. The molecular formula is C16H16ClNO3. The Balaban J connectivity index is 2.08. The maximum atomic E-state index is 12.1. The minimum atomic E-state index is -0.293. The standard InChI is InChI=1S/C16H16ClNO3/c1-21-15-7-4-12(10-14(15)19)16(20)18-13-5-2-11(3-6-13)8-9-17/h2-7,10,19H,8-9H2,1H3,(H,18,20). The largest absolute Gasteiger partial charge is 0.504 e. The number of hydrogen-bond donors (Lipinski definition) is 2. The summed E-state index contributed by atoms with van der Waals surface area (Å²) in [6.07, 6.45) is 0.794. The predicted octanol–water partition coefficient (Wildman–Crippen LogP) is 3.43. The van der Waals surface area contributed by atoms with Crippen LogP contribution in [0, 0.1) is 0 Å². The van der Waals surface area contributed by atoms with Gasteiger partial charge in [-0.15, -0.1) is 11.6 Å². The Morgan fingerprint density at radius 2 is 1.95 bits per heavy atom. The van der Waals surface area contributed by atoms with Crippen molar-refractivity contribution in [1.29, 1.82) is 0 Å². The molecule has 0 bridgehead atoms. The van der Waals surface area contributed by atoms with Gasteiger partial charge in [-0.1, -0.05) is 12.1 Å². The Morgan fingerprint density at radius 3 is 2.52 bits per heavy atom. The average Bonchev–Trinajstić information content (AvgIpc) is 2.49. The van der Waals surface area contributed by atoms with Crippen molar-refractivity contribution in [2.45, 2.75) is 6.42 Å². The number of phenols is 1. The first kappa shape index (κ1) is 15.2. The summed E-state index contributed by atoms with van der Waals surface area (Å²) in [6.45, 7) is 0. The fraction of sp³-hybridized carbons (Fsp3) is 0.188. The summed E-state index contributed by atoms with van der Waals surface area (Å²) in [5.41, 5.74) is 2.16. The van der Waals surface area contributed by atoms with E-state index in [1.807, 2.05) is 24.3 Å². The van der Waals surface area contributed by atoms with Crippen LogP contribution in [0.2, 0.25) is 0 Å². The smallest absolute Gasteiger partial charge is 0.255 e. The quantitative estimate of drug-likeness (QED) is 0.832. The molecule has 0 heterocycles. The highest BCUT2D eigenvalue weighted by atomic mass is 35.5. The van der Waals surface area contributed by atoms with Crippen LogP contribution in [-0.4, -0.2) is 24.0 Å². The van der Waals surface area contributed by atoms with E-state index >= 15 is 0 Å². The lowest BCUT2D eigenvalue weighted by atomic mass is 10.1. The molecule has 0 aliphatic rings. The highest BCUT2D eigenvalue weighted by molar-refractivity contribution is 6.18. The van der Waals surface area contributed by atoms with Crippen molar-refractivity contribution in [3.05, 3.63) is 53.6 Å². The van der Waals surface area contributed by atoms with Crippen LogP contribution in [0.25, 0.3) is 0 Å². The molecule has 0 spiro atoms. The molecule has 0 fully saturated rings. The summed E-state index contributed by atoms with van der Waals surface area (Å²) in [5.74, 6) is 0.536. The summed E-state index contributed by atoms with van der Waals surface area (Å²) in [5, 5.41) is 12.5. The number of aryl methyl sites for hydroxylation is 1. The van der Waals surface area contributed by atoms with E-state index in [1.165, 1.54) is 13.2 Å². The normalized spacial score (nSPS) is 10.2. The molecule has 4 nitrogen and oxygen atoms in total. The van der Waals surface area contributed by atoms with Crippen LogP contribution in [0.15, 0.2) is 42.5 Å². The first-order valence-corrected chi connectivity index (χ1v) is 7.00. The van der Waals surface area contributed by atoms with Crippen LogP contribution in [0.5, 0.6) is 11.5 Å². The first-order chi connectivity index (χ1) is 10.1.